The van der Waals surface area contributed by atoms with E-state index < -0.39 is 0 Å². The van der Waals surface area contributed by atoms with Crippen LogP contribution in [0.1, 0.15) is 76.7 Å². The lowest BCUT2D eigenvalue weighted by Gasteiger charge is -2.03. The number of pyridine rings is 1. The van der Waals surface area contributed by atoms with Gasteiger partial charge in [-0.15, -0.1) is 0 Å². The Morgan fingerprint density at radius 2 is 1.33 bits per heavy atom. The average molecular weight is 335 g/mol. The zero-order chi connectivity index (χ0) is 17.5. The van der Waals surface area contributed by atoms with Crippen LogP contribution < -0.4 is 16.8 Å². The summed E-state index contributed by atoms with van der Waals surface area (Å²) in [4.78, 5) is 3.93. The van der Waals surface area contributed by atoms with Crippen LogP contribution >= 0.6 is 0 Å². The molecule has 0 radical (unpaired) electrons. The molecular weight excluding hydrogens is 296 g/mol. The molecule has 0 unspecified atom stereocenters. The van der Waals surface area contributed by atoms with Crippen molar-refractivity contribution in [1.29, 1.82) is 0 Å². The molecule has 5 N–H and O–H groups in total. The molecule has 3 rings (SSSR count). The summed E-state index contributed by atoms with van der Waals surface area (Å²) in [5.41, 5.74) is 12.6. The predicted octanol–water partition coefficient (Wildman–Crippen LogP) is 3.75. The van der Waals surface area contributed by atoms with E-state index >= 15 is 0 Å². The molecule has 0 saturated heterocycles. The van der Waals surface area contributed by atoms with Crippen molar-refractivity contribution >= 4 is 0 Å². The van der Waals surface area contributed by atoms with Crippen LogP contribution in [0.2, 0.25) is 0 Å². The second-order valence-electron chi connectivity index (χ2n) is 6.93. The minimum absolute atomic E-state index is 0.525. The van der Waals surface area contributed by atoms with Gasteiger partial charge in [0.2, 0.25) is 0 Å². The molecule has 1 heterocycles. The van der Waals surface area contributed by atoms with Crippen molar-refractivity contribution in [2.45, 2.75) is 89.8 Å². The van der Waals surface area contributed by atoms with E-state index in [-0.39, 0.29) is 0 Å². The number of rotatable bonds is 3. The topological polar surface area (TPSA) is 77.0 Å². The smallest absolute Gasteiger partial charge is 0.0271 e. The SMILES string of the molecule is CCNCc1ccncc1.NC1CCCC1.NC1CCCCCC1. The molecule has 0 amide bonds. The quantitative estimate of drug-likeness (QED) is 0.736. The Balaban J connectivity index is 0.000000186. The maximum absolute atomic E-state index is 5.73. The molecule has 2 aliphatic carbocycles. The maximum Gasteiger partial charge on any atom is 0.0271 e. The van der Waals surface area contributed by atoms with Crippen LogP contribution in [0.4, 0.5) is 0 Å². The first-order valence-electron chi connectivity index (χ1n) is 9.83. The molecule has 4 nitrogen and oxygen atoms in total. The van der Waals surface area contributed by atoms with Gasteiger partial charge in [0, 0.05) is 31.0 Å². The summed E-state index contributed by atoms with van der Waals surface area (Å²) in [6.07, 6.45) is 16.9. The summed E-state index contributed by atoms with van der Waals surface area (Å²) in [6.45, 7) is 4.06. The fourth-order valence-electron chi connectivity index (χ4n) is 3.04. The van der Waals surface area contributed by atoms with E-state index in [1.165, 1.54) is 69.8 Å². The highest BCUT2D eigenvalue weighted by molar-refractivity contribution is 5.08. The summed E-state index contributed by atoms with van der Waals surface area (Å²) in [7, 11) is 0. The summed E-state index contributed by atoms with van der Waals surface area (Å²) in [6, 6.07) is 5.10. The van der Waals surface area contributed by atoms with Gasteiger partial charge in [0.15, 0.2) is 0 Å². The van der Waals surface area contributed by atoms with Crippen molar-refractivity contribution in [2.75, 3.05) is 6.54 Å². The molecule has 2 fully saturated rings. The monoisotopic (exact) mass is 334 g/mol. The van der Waals surface area contributed by atoms with Crippen LogP contribution in [-0.2, 0) is 6.54 Å². The van der Waals surface area contributed by atoms with Crippen molar-refractivity contribution in [3.63, 3.8) is 0 Å². The molecular formula is C20H38N4. The standard InChI is InChI=1S/C8H12N2.C7H15N.C5H11N/c1-2-9-7-8-3-5-10-6-4-8;8-7-5-3-1-2-4-6-7;6-5-3-1-2-4-5/h3-6,9H,2,7H2,1H3;7H,1-6,8H2;5H,1-4,6H2. The van der Waals surface area contributed by atoms with E-state index in [0.29, 0.717) is 12.1 Å². The molecule has 4 heteroatoms. The Morgan fingerprint density at radius 3 is 1.79 bits per heavy atom. The number of nitrogens with one attached hydrogen (secondary N) is 1. The highest BCUT2D eigenvalue weighted by Gasteiger charge is 2.07. The lowest BCUT2D eigenvalue weighted by Crippen LogP contribution is -2.17. The number of nitrogens with two attached hydrogens (primary N) is 2. The van der Waals surface area contributed by atoms with E-state index in [0.717, 1.165) is 13.1 Å². The van der Waals surface area contributed by atoms with Crippen molar-refractivity contribution in [2.24, 2.45) is 11.5 Å². The van der Waals surface area contributed by atoms with Gasteiger partial charge in [-0.05, 0) is 49.9 Å². The first-order chi connectivity index (χ1) is 11.7. The zero-order valence-corrected chi connectivity index (χ0v) is 15.6. The number of hydrogen-bond donors (Lipinski definition) is 3. The number of hydrogen-bond acceptors (Lipinski definition) is 4. The highest BCUT2D eigenvalue weighted by atomic mass is 14.8. The van der Waals surface area contributed by atoms with Gasteiger partial charge in [0.05, 0.1) is 0 Å². The van der Waals surface area contributed by atoms with Crippen molar-refractivity contribution in [3.8, 4) is 0 Å². The summed E-state index contributed by atoms with van der Waals surface area (Å²) in [5, 5.41) is 3.24. The van der Waals surface area contributed by atoms with E-state index in [4.69, 9.17) is 11.5 Å². The lowest BCUT2D eigenvalue weighted by molar-refractivity contribution is 0.583. The molecule has 24 heavy (non-hydrogen) atoms. The molecule has 138 valence electrons. The molecule has 1 aromatic rings. The van der Waals surface area contributed by atoms with Gasteiger partial charge in [0.25, 0.3) is 0 Å². The van der Waals surface area contributed by atoms with Crippen molar-refractivity contribution in [1.82, 2.24) is 10.3 Å². The normalized spacial score (nSPS) is 18.8. The first kappa shape index (κ1) is 21.1. The van der Waals surface area contributed by atoms with Gasteiger partial charge >= 0.3 is 0 Å². The van der Waals surface area contributed by atoms with E-state index in [2.05, 4.69) is 17.2 Å². The fraction of sp³-hybridized carbons (Fsp3) is 0.750. The molecule has 2 aliphatic rings. The average Bonchev–Trinajstić information content (AvgIpc) is 2.96. The highest BCUT2D eigenvalue weighted by Crippen LogP contribution is 2.15. The van der Waals surface area contributed by atoms with Gasteiger partial charge in [-0.1, -0.05) is 45.4 Å². The largest absolute Gasteiger partial charge is 0.328 e. The maximum atomic E-state index is 5.73. The molecule has 0 aliphatic heterocycles. The Bertz CT molecular complexity index is 368. The van der Waals surface area contributed by atoms with E-state index in [1.54, 1.807) is 0 Å². The van der Waals surface area contributed by atoms with Crippen LogP contribution in [0.5, 0.6) is 0 Å². The minimum atomic E-state index is 0.525. The third kappa shape index (κ3) is 11.5. The van der Waals surface area contributed by atoms with Gasteiger partial charge < -0.3 is 16.8 Å². The van der Waals surface area contributed by atoms with Crippen LogP contribution in [0.3, 0.4) is 0 Å². The van der Waals surface area contributed by atoms with Gasteiger partial charge in [-0.3, -0.25) is 4.98 Å². The molecule has 1 aromatic heterocycles. The Hall–Kier alpha value is -0.970. The lowest BCUT2D eigenvalue weighted by atomic mass is 10.1. The van der Waals surface area contributed by atoms with Crippen molar-refractivity contribution < 1.29 is 0 Å². The Morgan fingerprint density at radius 1 is 0.875 bits per heavy atom. The van der Waals surface area contributed by atoms with E-state index in [1.807, 2.05) is 24.5 Å². The van der Waals surface area contributed by atoms with E-state index in [9.17, 15) is 0 Å². The van der Waals surface area contributed by atoms with Gasteiger partial charge in [0.1, 0.15) is 0 Å². The molecule has 0 spiro atoms. The van der Waals surface area contributed by atoms with Crippen LogP contribution in [0.25, 0.3) is 0 Å². The second-order valence-corrected chi connectivity index (χ2v) is 6.93. The van der Waals surface area contributed by atoms with Crippen molar-refractivity contribution in [3.05, 3.63) is 30.1 Å². The summed E-state index contributed by atoms with van der Waals surface area (Å²) in [5.74, 6) is 0. The summed E-state index contributed by atoms with van der Waals surface area (Å²) >= 11 is 0. The molecule has 0 aromatic carbocycles. The van der Waals surface area contributed by atoms with Gasteiger partial charge in [-0.2, -0.15) is 0 Å². The van der Waals surface area contributed by atoms with Crippen LogP contribution in [-0.4, -0.2) is 23.6 Å². The zero-order valence-electron chi connectivity index (χ0n) is 15.6. The molecule has 2 saturated carbocycles. The molecule has 0 atom stereocenters. The molecule has 0 bridgehead atoms. The van der Waals surface area contributed by atoms with Crippen LogP contribution in [0, 0.1) is 0 Å². The first-order valence-corrected chi connectivity index (χ1v) is 9.83. The number of nitrogens with zero attached hydrogens (tertiary/aromatic N) is 1. The summed E-state index contributed by atoms with van der Waals surface area (Å²) < 4.78 is 0. The Kier molecular flexibility index (Phi) is 12.6. The predicted molar refractivity (Wildman–Crippen MR) is 104 cm³/mol. The second kappa shape index (κ2) is 14.4. The van der Waals surface area contributed by atoms with Crippen LogP contribution in [0.15, 0.2) is 24.5 Å². The fourth-order valence-corrected chi connectivity index (χ4v) is 3.04. The third-order valence-electron chi connectivity index (χ3n) is 4.63. The third-order valence-corrected chi connectivity index (χ3v) is 4.63. The minimum Gasteiger partial charge on any atom is -0.328 e. The van der Waals surface area contributed by atoms with Gasteiger partial charge in [-0.25, -0.2) is 0 Å². The number of aromatic nitrogens is 1. The Labute approximate surface area is 148 Å².